The van der Waals surface area contributed by atoms with E-state index in [1.807, 2.05) is 0 Å². The molecule has 2 heterocycles. The number of carbonyl (C=O) groups is 2. The van der Waals surface area contributed by atoms with Gasteiger partial charge in [-0.2, -0.15) is 0 Å². The zero-order valence-corrected chi connectivity index (χ0v) is 20.1. The van der Waals surface area contributed by atoms with Crippen LogP contribution in [0.4, 0.5) is 0 Å². The molecule has 0 aromatic heterocycles. The van der Waals surface area contributed by atoms with Gasteiger partial charge >= 0.3 is 0 Å². The topological polar surface area (TPSA) is 138 Å². The minimum absolute atomic E-state index is 0.0576. The summed E-state index contributed by atoms with van der Waals surface area (Å²) in [5.41, 5.74) is 1.53. The quantitative estimate of drug-likeness (QED) is 0.386. The first-order valence-corrected chi connectivity index (χ1v) is 12.1. The van der Waals surface area contributed by atoms with Crippen LogP contribution in [0.3, 0.4) is 0 Å². The van der Waals surface area contributed by atoms with E-state index < -0.39 is 30.1 Å². The molecule has 5 atom stereocenters. The van der Waals surface area contributed by atoms with E-state index in [9.17, 15) is 24.9 Å². The van der Waals surface area contributed by atoms with Crippen molar-refractivity contribution >= 4 is 11.8 Å². The predicted octanol–water partition coefficient (Wildman–Crippen LogP) is 0.228. The molecule has 1 fully saturated rings. The maximum absolute atomic E-state index is 13.2. The van der Waals surface area contributed by atoms with Crippen LogP contribution in [-0.4, -0.2) is 89.8 Å². The van der Waals surface area contributed by atoms with Crippen molar-refractivity contribution in [2.75, 3.05) is 33.4 Å². The van der Waals surface area contributed by atoms with Gasteiger partial charge in [0.05, 0.1) is 38.4 Å². The van der Waals surface area contributed by atoms with Crippen LogP contribution in [0.25, 0.3) is 0 Å². The molecule has 2 amide bonds. The van der Waals surface area contributed by atoms with Crippen molar-refractivity contribution in [1.29, 1.82) is 0 Å². The number of carbonyl (C=O) groups excluding carboxylic acids is 2. The second-order valence-electron chi connectivity index (χ2n) is 9.05. The summed E-state index contributed by atoms with van der Waals surface area (Å²) in [5, 5.41) is 33.2. The van der Waals surface area contributed by atoms with Crippen LogP contribution in [0, 0.1) is 0 Å². The highest BCUT2D eigenvalue weighted by molar-refractivity contribution is 5.96. The molecule has 5 unspecified atom stereocenters. The number of nitrogens with one attached hydrogen (secondary N) is 1. The largest absolute Gasteiger partial charge is 0.493 e. The number of methoxy groups -OCH3 is 1. The average Bonchev–Trinajstić information content (AvgIpc) is 3.53. The number of ether oxygens (including phenoxy) is 3. The van der Waals surface area contributed by atoms with Crippen LogP contribution >= 0.6 is 0 Å². The Morgan fingerprint density at radius 1 is 1.29 bits per heavy atom. The standard InChI is InChI=1S/C25H34N2O8/c1-3-20(30)27(12-15-5-4-8-34-15)18-11-17(25(32)26-6-7-28)21-16-9-14(13-29)10-19(33-2)23(16)35-24(21)22(18)31/h9-11,15,18,21-22,24,28-29,31H,3-8,12-13H2,1-2H3,(H,26,32). The van der Waals surface area contributed by atoms with Crippen molar-refractivity contribution in [2.45, 2.75) is 63.1 Å². The number of nitrogens with zero attached hydrogens (tertiary/aromatic N) is 1. The van der Waals surface area contributed by atoms with E-state index in [1.165, 1.54) is 7.11 Å². The van der Waals surface area contributed by atoms with Crippen molar-refractivity contribution in [3.63, 3.8) is 0 Å². The number of amides is 2. The minimum atomic E-state index is -1.12. The van der Waals surface area contributed by atoms with Gasteiger partial charge in [0, 0.05) is 37.3 Å². The highest BCUT2D eigenvalue weighted by Gasteiger charge is 2.51. The molecule has 1 aliphatic carbocycles. The molecular weight excluding hydrogens is 456 g/mol. The van der Waals surface area contributed by atoms with Crippen molar-refractivity contribution in [3.05, 3.63) is 34.9 Å². The fraction of sp³-hybridized carbons (Fsp3) is 0.600. The van der Waals surface area contributed by atoms with Crippen LogP contribution in [-0.2, 0) is 20.9 Å². The Morgan fingerprint density at radius 2 is 2.09 bits per heavy atom. The van der Waals surface area contributed by atoms with Crippen LogP contribution in [0.2, 0.25) is 0 Å². The number of hydrogen-bond acceptors (Lipinski definition) is 8. The summed E-state index contributed by atoms with van der Waals surface area (Å²) in [7, 11) is 1.48. The number of rotatable bonds is 9. The van der Waals surface area contributed by atoms with Gasteiger partial charge in [-0.1, -0.05) is 6.92 Å². The Labute approximate surface area is 204 Å². The Hall–Kier alpha value is -2.66. The third-order valence-corrected chi connectivity index (χ3v) is 6.90. The van der Waals surface area contributed by atoms with Crippen molar-refractivity contribution in [2.24, 2.45) is 0 Å². The molecular formula is C25H34N2O8. The number of aliphatic hydroxyl groups excluding tert-OH is 3. The summed E-state index contributed by atoms with van der Waals surface area (Å²) in [6.07, 6.45) is 1.49. The highest BCUT2D eigenvalue weighted by atomic mass is 16.5. The lowest BCUT2D eigenvalue weighted by Crippen LogP contribution is -2.57. The third-order valence-electron chi connectivity index (χ3n) is 6.90. The number of fused-ring (bicyclic) bond motifs is 3. The van der Waals surface area contributed by atoms with E-state index >= 15 is 0 Å². The molecule has 192 valence electrons. The SMILES string of the molecule is CCC(=O)N(CC1CCCO1)C1C=C(C(=O)NCCO)C2c3cc(CO)cc(OC)c3OC2C1O. The molecule has 2 aliphatic heterocycles. The van der Waals surface area contributed by atoms with E-state index in [2.05, 4.69) is 5.32 Å². The van der Waals surface area contributed by atoms with E-state index in [-0.39, 0.29) is 38.2 Å². The summed E-state index contributed by atoms with van der Waals surface area (Å²) in [6, 6.07) is 2.59. The lowest BCUT2D eigenvalue weighted by Gasteiger charge is -2.41. The molecule has 4 N–H and O–H groups in total. The first-order valence-electron chi connectivity index (χ1n) is 12.1. The minimum Gasteiger partial charge on any atom is -0.493 e. The summed E-state index contributed by atoms with van der Waals surface area (Å²) in [5.74, 6) is -0.438. The smallest absolute Gasteiger partial charge is 0.247 e. The first-order chi connectivity index (χ1) is 16.9. The number of benzene rings is 1. The summed E-state index contributed by atoms with van der Waals surface area (Å²) < 4.78 is 17.4. The van der Waals surface area contributed by atoms with Crippen molar-refractivity contribution in [1.82, 2.24) is 10.2 Å². The fourth-order valence-electron chi connectivity index (χ4n) is 5.22. The molecule has 4 rings (SSSR count). The van der Waals surface area contributed by atoms with Gasteiger partial charge in [-0.15, -0.1) is 0 Å². The highest BCUT2D eigenvalue weighted by Crippen LogP contribution is 2.51. The zero-order valence-electron chi connectivity index (χ0n) is 20.1. The normalized spacial score (nSPS) is 26.9. The molecule has 1 saturated heterocycles. The van der Waals surface area contributed by atoms with Gasteiger partial charge in [0.15, 0.2) is 11.5 Å². The van der Waals surface area contributed by atoms with E-state index in [1.54, 1.807) is 30.0 Å². The van der Waals surface area contributed by atoms with E-state index in [0.717, 1.165) is 12.8 Å². The second-order valence-corrected chi connectivity index (χ2v) is 9.05. The molecule has 10 heteroatoms. The molecule has 1 aromatic carbocycles. The Kier molecular flexibility index (Phi) is 7.95. The predicted molar refractivity (Wildman–Crippen MR) is 125 cm³/mol. The molecule has 0 radical (unpaired) electrons. The summed E-state index contributed by atoms with van der Waals surface area (Å²) in [4.78, 5) is 27.8. The van der Waals surface area contributed by atoms with Crippen LogP contribution in [0.15, 0.2) is 23.8 Å². The fourth-order valence-corrected chi connectivity index (χ4v) is 5.22. The van der Waals surface area contributed by atoms with Crippen LogP contribution in [0.1, 0.15) is 43.2 Å². The van der Waals surface area contributed by atoms with E-state index in [4.69, 9.17) is 14.2 Å². The van der Waals surface area contributed by atoms with Gasteiger partial charge < -0.3 is 39.7 Å². The maximum Gasteiger partial charge on any atom is 0.247 e. The number of aliphatic hydroxyl groups is 3. The van der Waals surface area contributed by atoms with Crippen LogP contribution in [0.5, 0.6) is 11.5 Å². The molecule has 10 nitrogen and oxygen atoms in total. The zero-order chi connectivity index (χ0) is 25.1. The third kappa shape index (κ3) is 4.88. The van der Waals surface area contributed by atoms with Gasteiger partial charge in [-0.3, -0.25) is 9.59 Å². The molecule has 1 aromatic rings. The second kappa shape index (κ2) is 10.9. The average molecular weight is 491 g/mol. The molecule has 3 aliphatic rings. The maximum atomic E-state index is 13.2. The lowest BCUT2D eigenvalue weighted by molar-refractivity contribution is -0.139. The lowest BCUT2D eigenvalue weighted by atomic mass is 9.77. The van der Waals surface area contributed by atoms with Gasteiger partial charge in [0.25, 0.3) is 0 Å². The molecule has 0 saturated carbocycles. The van der Waals surface area contributed by atoms with Gasteiger partial charge in [-0.05, 0) is 36.6 Å². The first kappa shape index (κ1) is 25.4. The summed E-state index contributed by atoms with van der Waals surface area (Å²) in [6.45, 7) is 2.29. The Morgan fingerprint density at radius 3 is 2.71 bits per heavy atom. The van der Waals surface area contributed by atoms with Gasteiger partial charge in [0.1, 0.15) is 12.2 Å². The van der Waals surface area contributed by atoms with Gasteiger partial charge in [-0.25, -0.2) is 0 Å². The van der Waals surface area contributed by atoms with Gasteiger partial charge in [0.2, 0.25) is 11.8 Å². The number of hydrogen-bond donors (Lipinski definition) is 4. The molecule has 0 spiro atoms. The summed E-state index contributed by atoms with van der Waals surface area (Å²) >= 11 is 0. The van der Waals surface area contributed by atoms with E-state index in [0.29, 0.717) is 41.4 Å². The monoisotopic (exact) mass is 490 g/mol. The molecule has 35 heavy (non-hydrogen) atoms. The van der Waals surface area contributed by atoms with Crippen LogP contribution < -0.4 is 14.8 Å². The van der Waals surface area contributed by atoms with Crippen molar-refractivity contribution in [3.8, 4) is 11.5 Å². The van der Waals surface area contributed by atoms with Crippen molar-refractivity contribution < 1.29 is 39.1 Å². The Balaban J connectivity index is 1.78. The Bertz CT molecular complexity index is 974. The molecule has 0 bridgehead atoms.